The highest BCUT2D eigenvalue weighted by molar-refractivity contribution is 7.85. The van der Waals surface area contributed by atoms with Crippen LogP contribution in [-0.2, 0) is 14.9 Å². The Morgan fingerprint density at radius 2 is 1.04 bits per heavy atom. The van der Waals surface area contributed by atoms with Gasteiger partial charge in [-0.2, -0.15) is 8.42 Å². The van der Waals surface area contributed by atoms with Gasteiger partial charge in [-0.25, -0.2) is 0 Å². The molecule has 4 N–H and O–H groups in total. The molecule has 46 heavy (non-hydrogen) atoms. The van der Waals surface area contributed by atoms with E-state index in [4.69, 9.17) is 0 Å². The maximum Gasteiger partial charge on any atom is 0.267 e. The minimum atomic E-state index is -4.45. The van der Waals surface area contributed by atoms with Crippen LogP contribution in [0.25, 0.3) is 0 Å². The normalized spacial score (nSPS) is 14.6. The fourth-order valence-electron chi connectivity index (χ4n) is 5.21. The molecule has 0 aliphatic heterocycles. The van der Waals surface area contributed by atoms with E-state index < -0.39 is 40.0 Å². The Bertz CT molecular complexity index is 927. The summed E-state index contributed by atoms with van der Waals surface area (Å²) < 4.78 is 32.4. The Morgan fingerprint density at radius 1 is 0.609 bits per heavy atom. The molecular weight excluding hydrogens is 598 g/mol. The first-order valence-corrected chi connectivity index (χ1v) is 20.1. The van der Waals surface area contributed by atoms with Gasteiger partial charge in [-0.05, 0) is 64.2 Å². The van der Waals surface area contributed by atoms with E-state index in [1.165, 1.54) is 76.7 Å². The number of aliphatic hydroxyl groups is 2. The number of hydrogen-bond acceptors (Lipinski definition) is 5. The Labute approximate surface area is 282 Å². The summed E-state index contributed by atoms with van der Waals surface area (Å²) in [5, 5.41) is 23.3. The minimum absolute atomic E-state index is 0.260. The van der Waals surface area contributed by atoms with E-state index in [1.807, 2.05) is 0 Å². The highest BCUT2D eigenvalue weighted by Crippen LogP contribution is 2.12. The van der Waals surface area contributed by atoms with Crippen LogP contribution in [0, 0.1) is 0 Å². The molecule has 0 aliphatic carbocycles. The summed E-state index contributed by atoms with van der Waals surface area (Å²) in [4.78, 5) is 12.5. The molecule has 3 atom stereocenters. The number of aliphatic hydroxyl groups excluding tert-OH is 2. The Kier molecular flexibility index (Phi) is 30.6. The van der Waals surface area contributed by atoms with Crippen molar-refractivity contribution >= 4 is 16.0 Å². The molecule has 0 aromatic heterocycles. The molecule has 0 rings (SSSR count). The van der Waals surface area contributed by atoms with Crippen LogP contribution >= 0.6 is 0 Å². The maximum absolute atomic E-state index is 12.5. The van der Waals surface area contributed by atoms with Crippen molar-refractivity contribution in [3.63, 3.8) is 0 Å². The summed E-state index contributed by atoms with van der Waals surface area (Å²) in [6.45, 7) is 4.45. The number of allylic oxidation sites excluding steroid dienone is 7. The second-order valence-corrected chi connectivity index (χ2v) is 14.1. The molecule has 8 heteroatoms. The van der Waals surface area contributed by atoms with Crippen LogP contribution in [0.2, 0.25) is 0 Å². The second-order valence-electron chi connectivity index (χ2n) is 12.6. The molecule has 1 amide bonds. The minimum Gasteiger partial charge on any atom is -0.387 e. The van der Waals surface area contributed by atoms with Gasteiger partial charge in [0.05, 0.1) is 17.9 Å². The van der Waals surface area contributed by atoms with Gasteiger partial charge in [-0.1, -0.05) is 146 Å². The molecule has 0 heterocycles. The zero-order valence-electron chi connectivity index (χ0n) is 29.3. The number of nitrogens with one attached hydrogen (secondary N) is 1. The molecule has 0 aromatic rings. The highest BCUT2D eigenvalue weighted by atomic mass is 32.2. The van der Waals surface area contributed by atoms with E-state index in [0.717, 1.165) is 57.8 Å². The van der Waals surface area contributed by atoms with Crippen molar-refractivity contribution in [3.05, 3.63) is 48.6 Å². The lowest BCUT2D eigenvalue weighted by Crippen LogP contribution is -2.50. The summed E-state index contributed by atoms with van der Waals surface area (Å²) in [5.74, 6) is -1.57. The molecular formula is C38H69NO6S. The predicted octanol–water partition coefficient (Wildman–Crippen LogP) is 9.32. The van der Waals surface area contributed by atoms with Gasteiger partial charge in [0.15, 0.2) is 0 Å². The third-order valence-electron chi connectivity index (χ3n) is 8.09. The molecule has 0 aliphatic rings. The Balaban J connectivity index is 4.19. The molecule has 268 valence electrons. The first-order valence-electron chi connectivity index (χ1n) is 18.4. The SMILES string of the molecule is CCCCC/C=C\C/C=C\CCCCCCCCC(O)C(=O)NC(CS(=O)(=O)O)C(O)/C=C/CC/C=C/CCCCCCCCC. The molecule has 0 bridgehead atoms. The van der Waals surface area contributed by atoms with Crippen molar-refractivity contribution in [1.82, 2.24) is 5.32 Å². The molecule has 0 saturated carbocycles. The third kappa shape index (κ3) is 30.9. The molecule has 0 radical (unpaired) electrons. The van der Waals surface area contributed by atoms with Gasteiger partial charge in [0.1, 0.15) is 6.10 Å². The van der Waals surface area contributed by atoms with Crippen LogP contribution in [0.15, 0.2) is 48.6 Å². The summed E-state index contributed by atoms with van der Waals surface area (Å²) in [7, 11) is -4.45. The zero-order chi connectivity index (χ0) is 34.1. The van der Waals surface area contributed by atoms with E-state index in [0.29, 0.717) is 12.8 Å². The first kappa shape index (κ1) is 44.3. The summed E-state index contributed by atoms with van der Waals surface area (Å²) >= 11 is 0. The number of hydrogen-bond donors (Lipinski definition) is 4. The van der Waals surface area contributed by atoms with Crippen molar-refractivity contribution in [3.8, 4) is 0 Å². The topological polar surface area (TPSA) is 124 Å². The van der Waals surface area contributed by atoms with E-state index >= 15 is 0 Å². The highest BCUT2D eigenvalue weighted by Gasteiger charge is 2.27. The Morgan fingerprint density at radius 3 is 1.61 bits per heavy atom. The summed E-state index contributed by atoms with van der Waals surface area (Å²) in [5.41, 5.74) is 0. The van der Waals surface area contributed by atoms with Crippen molar-refractivity contribution in [2.45, 2.75) is 180 Å². The monoisotopic (exact) mass is 667 g/mol. The average Bonchev–Trinajstić information content (AvgIpc) is 3.01. The van der Waals surface area contributed by atoms with Gasteiger partial charge in [0, 0.05) is 0 Å². The van der Waals surface area contributed by atoms with E-state index in [-0.39, 0.29) is 6.42 Å². The zero-order valence-corrected chi connectivity index (χ0v) is 30.1. The van der Waals surface area contributed by atoms with Crippen molar-refractivity contribution in [2.75, 3.05) is 5.75 Å². The third-order valence-corrected chi connectivity index (χ3v) is 8.87. The average molecular weight is 668 g/mol. The fourth-order valence-corrected chi connectivity index (χ4v) is 5.94. The second kappa shape index (κ2) is 31.8. The van der Waals surface area contributed by atoms with Crippen LogP contribution in [0.5, 0.6) is 0 Å². The Hall–Kier alpha value is -1.74. The number of carbonyl (C=O) groups is 1. The van der Waals surface area contributed by atoms with Crippen LogP contribution in [0.1, 0.15) is 162 Å². The largest absolute Gasteiger partial charge is 0.387 e. The molecule has 7 nitrogen and oxygen atoms in total. The van der Waals surface area contributed by atoms with Gasteiger partial charge < -0.3 is 15.5 Å². The lowest BCUT2D eigenvalue weighted by molar-refractivity contribution is -0.130. The van der Waals surface area contributed by atoms with Crippen molar-refractivity contribution < 1.29 is 28.0 Å². The number of carbonyl (C=O) groups excluding carboxylic acids is 1. The van der Waals surface area contributed by atoms with E-state index in [1.54, 1.807) is 6.08 Å². The van der Waals surface area contributed by atoms with Crippen LogP contribution in [0.3, 0.4) is 0 Å². The van der Waals surface area contributed by atoms with Gasteiger partial charge in [0.25, 0.3) is 10.1 Å². The van der Waals surface area contributed by atoms with Crippen LogP contribution in [-0.4, -0.2) is 53.1 Å². The quantitative estimate of drug-likeness (QED) is 0.0322. The molecule has 0 spiro atoms. The van der Waals surface area contributed by atoms with Crippen molar-refractivity contribution in [1.29, 1.82) is 0 Å². The number of unbranched alkanes of at least 4 members (excludes halogenated alkanes) is 17. The lowest BCUT2D eigenvalue weighted by Gasteiger charge is -2.22. The standard InChI is InChI=1S/C38H69NO6S/c1-3-5-7-9-11-13-15-17-18-19-21-23-25-27-29-31-33-37(41)38(42)39-35(34-46(43,44)45)36(40)32-30-28-26-24-22-20-16-14-12-10-8-6-4-2/h11,13,17-18,22,24,30,32,35-37,40-41H,3-10,12,14-16,19-21,23,25-29,31,33-34H2,1-2H3,(H,39,42)(H,43,44,45)/b13-11-,18-17-,24-22+,32-30+. The molecule has 0 aromatic carbocycles. The first-order chi connectivity index (χ1) is 22.2. The number of amides is 1. The maximum atomic E-state index is 12.5. The van der Waals surface area contributed by atoms with Gasteiger partial charge in [0.2, 0.25) is 5.91 Å². The summed E-state index contributed by atoms with van der Waals surface area (Å²) in [6, 6.07) is -1.25. The van der Waals surface area contributed by atoms with Crippen LogP contribution in [0.4, 0.5) is 0 Å². The molecule has 3 unspecified atom stereocenters. The van der Waals surface area contributed by atoms with Gasteiger partial charge in [-0.3, -0.25) is 9.35 Å². The molecule has 0 saturated heterocycles. The lowest BCUT2D eigenvalue weighted by atomic mass is 10.0. The molecule has 0 fully saturated rings. The van der Waals surface area contributed by atoms with Gasteiger partial charge in [-0.15, -0.1) is 0 Å². The predicted molar refractivity (Wildman–Crippen MR) is 194 cm³/mol. The van der Waals surface area contributed by atoms with Crippen LogP contribution < -0.4 is 5.32 Å². The smallest absolute Gasteiger partial charge is 0.267 e. The fraction of sp³-hybridized carbons (Fsp3) is 0.763. The van der Waals surface area contributed by atoms with Crippen molar-refractivity contribution in [2.24, 2.45) is 0 Å². The van der Waals surface area contributed by atoms with E-state index in [2.05, 4.69) is 55.6 Å². The summed E-state index contributed by atoms with van der Waals surface area (Å²) in [6.07, 6.45) is 38.8. The van der Waals surface area contributed by atoms with E-state index in [9.17, 15) is 28.0 Å². The van der Waals surface area contributed by atoms with Gasteiger partial charge >= 0.3 is 0 Å². The number of rotatable bonds is 32.